The molecule has 3 aromatic rings. The highest BCUT2D eigenvalue weighted by Gasteiger charge is 2.57. The Morgan fingerprint density at radius 2 is 1.38 bits per heavy atom. The normalized spacial score (nSPS) is 14.5. The molecule has 0 fully saturated rings. The summed E-state index contributed by atoms with van der Waals surface area (Å²) in [6.45, 7) is 12.0. The zero-order valence-corrected chi connectivity index (χ0v) is 22.6. The molecule has 3 N–H and O–H groups in total. The maximum Gasteiger partial charge on any atom is 0.274 e. The van der Waals surface area contributed by atoms with Crippen LogP contribution >= 0.6 is 12.2 Å². The summed E-state index contributed by atoms with van der Waals surface area (Å²) in [4.78, 5) is 18.4. The van der Waals surface area contributed by atoms with Crippen molar-refractivity contribution >= 4 is 34.6 Å². The second-order valence-corrected chi connectivity index (χ2v) is 9.62. The van der Waals surface area contributed by atoms with Crippen molar-refractivity contribution < 1.29 is 9.53 Å². The number of carbonyl (C=O) groups excluding carboxylic acids is 1. The molecule has 192 valence electrons. The van der Waals surface area contributed by atoms with Gasteiger partial charge in [-0.15, -0.1) is 0 Å². The number of nitrogens with one attached hydrogen (secondary N) is 1. The number of nitrogens with two attached hydrogens (primary N) is 1. The fourth-order valence-electron chi connectivity index (χ4n) is 5.78. The molecule has 0 bridgehead atoms. The van der Waals surface area contributed by atoms with E-state index < -0.39 is 5.54 Å². The molecule has 1 spiro atoms. The van der Waals surface area contributed by atoms with E-state index in [2.05, 4.69) is 79.3 Å². The number of ether oxygens (including phenoxy) is 1. The van der Waals surface area contributed by atoms with Crippen LogP contribution in [0.2, 0.25) is 0 Å². The van der Waals surface area contributed by atoms with Gasteiger partial charge >= 0.3 is 0 Å². The summed E-state index contributed by atoms with van der Waals surface area (Å²) >= 11 is 5.25. The summed E-state index contributed by atoms with van der Waals surface area (Å²) in [5.74, 6) is 1.21. The lowest BCUT2D eigenvalue weighted by Crippen LogP contribution is -2.57. The van der Waals surface area contributed by atoms with Gasteiger partial charge in [0.15, 0.2) is 5.11 Å². The van der Waals surface area contributed by atoms with Crippen LogP contribution in [0.1, 0.15) is 54.7 Å². The molecule has 0 radical (unpaired) electrons. The number of amides is 1. The largest absolute Gasteiger partial charge is 0.456 e. The Morgan fingerprint density at radius 3 is 1.86 bits per heavy atom. The summed E-state index contributed by atoms with van der Waals surface area (Å²) in [6.07, 6.45) is 0. The fraction of sp³-hybridized carbons (Fsp3) is 0.310. The number of hydrogen-bond acceptors (Lipinski definition) is 5. The third kappa shape index (κ3) is 3.70. The molecule has 0 atom stereocenters. The van der Waals surface area contributed by atoms with Crippen molar-refractivity contribution in [3.8, 4) is 11.5 Å². The van der Waals surface area contributed by atoms with Crippen molar-refractivity contribution in [3.63, 3.8) is 0 Å². The highest BCUT2D eigenvalue weighted by atomic mass is 32.1. The smallest absolute Gasteiger partial charge is 0.274 e. The van der Waals surface area contributed by atoms with Crippen molar-refractivity contribution in [2.75, 3.05) is 36.0 Å². The number of nitrogens with zero attached hydrogens (tertiary/aromatic N) is 3. The number of anilines is 2. The van der Waals surface area contributed by atoms with E-state index in [1.807, 2.05) is 24.3 Å². The molecule has 0 aromatic heterocycles. The molecule has 3 aromatic carbocycles. The molecule has 5 rings (SSSR count). The third-order valence-corrected chi connectivity index (χ3v) is 7.59. The van der Waals surface area contributed by atoms with Gasteiger partial charge in [-0.1, -0.05) is 30.3 Å². The first-order valence-electron chi connectivity index (χ1n) is 12.9. The Kier molecular flexibility index (Phi) is 6.45. The van der Waals surface area contributed by atoms with Crippen molar-refractivity contribution in [1.82, 2.24) is 10.4 Å². The molecular formula is C29H33N5O2S. The minimum atomic E-state index is -1.01. The van der Waals surface area contributed by atoms with Crippen LogP contribution < -0.4 is 25.7 Å². The Balaban J connectivity index is 1.84. The topological polar surface area (TPSA) is 74.1 Å². The van der Waals surface area contributed by atoms with Crippen LogP contribution in [0, 0.1) is 0 Å². The van der Waals surface area contributed by atoms with E-state index in [1.165, 1.54) is 0 Å². The number of fused-ring (bicyclic) bond motifs is 6. The highest BCUT2D eigenvalue weighted by Crippen LogP contribution is 2.57. The van der Waals surface area contributed by atoms with Crippen LogP contribution in [0.3, 0.4) is 0 Å². The average Bonchev–Trinajstić information content (AvgIpc) is 3.14. The van der Waals surface area contributed by atoms with Crippen molar-refractivity contribution in [1.29, 1.82) is 0 Å². The fourth-order valence-corrected chi connectivity index (χ4v) is 5.87. The van der Waals surface area contributed by atoms with Gasteiger partial charge in [-0.25, -0.2) is 5.01 Å². The Bertz CT molecular complexity index is 1300. The third-order valence-electron chi connectivity index (χ3n) is 7.49. The monoisotopic (exact) mass is 515 g/mol. The number of thiocarbonyl (C=S) groups is 1. The number of hydrazine groups is 1. The molecule has 0 unspecified atom stereocenters. The van der Waals surface area contributed by atoms with Gasteiger partial charge in [-0.05, 0) is 58.1 Å². The first-order chi connectivity index (χ1) is 17.9. The lowest BCUT2D eigenvalue weighted by molar-refractivity contribution is 0.0594. The first kappa shape index (κ1) is 24.9. The van der Waals surface area contributed by atoms with Gasteiger partial charge in [-0.2, -0.15) is 0 Å². The van der Waals surface area contributed by atoms with Gasteiger partial charge < -0.3 is 20.3 Å². The minimum Gasteiger partial charge on any atom is -0.456 e. The van der Waals surface area contributed by atoms with Crippen molar-refractivity contribution in [3.05, 3.63) is 82.9 Å². The van der Waals surface area contributed by atoms with Crippen LogP contribution in [0.15, 0.2) is 60.7 Å². The van der Waals surface area contributed by atoms with Gasteiger partial charge in [-0.3, -0.25) is 10.2 Å². The van der Waals surface area contributed by atoms with E-state index in [9.17, 15) is 4.79 Å². The molecule has 7 nitrogen and oxygen atoms in total. The van der Waals surface area contributed by atoms with Crippen LogP contribution in [-0.4, -0.2) is 42.2 Å². The lowest BCUT2D eigenvalue weighted by Gasteiger charge is -2.44. The number of benzene rings is 3. The molecule has 2 heterocycles. The second-order valence-electron chi connectivity index (χ2n) is 9.18. The van der Waals surface area contributed by atoms with Crippen LogP contribution in [0.4, 0.5) is 11.4 Å². The highest BCUT2D eigenvalue weighted by molar-refractivity contribution is 7.80. The first-order valence-corrected chi connectivity index (χ1v) is 13.3. The molecule has 2 aliphatic rings. The van der Waals surface area contributed by atoms with Crippen molar-refractivity contribution in [2.24, 2.45) is 5.73 Å². The molecular weight excluding hydrogens is 482 g/mol. The number of carbonyl (C=O) groups is 1. The quantitative estimate of drug-likeness (QED) is 0.430. The molecule has 37 heavy (non-hydrogen) atoms. The van der Waals surface area contributed by atoms with Gasteiger partial charge in [0.05, 0.1) is 0 Å². The van der Waals surface area contributed by atoms with E-state index >= 15 is 0 Å². The van der Waals surface area contributed by atoms with E-state index in [4.69, 9.17) is 22.7 Å². The zero-order chi connectivity index (χ0) is 26.3. The standard InChI is InChI=1S/C29H33N5O2S/c1-5-32(6-2)19-13-15-23-25(17-19)36-26-18-20(33(7-3)8-4)14-16-24(26)29(23)22-12-10-9-11-21(22)27(35)34(29)31-28(30)37/h9-18H,5-8H2,1-4H3,(H3,30,31,37). The molecule has 2 aliphatic heterocycles. The van der Waals surface area contributed by atoms with Crippen LogP contribution in [-0.2, 0) is 5.54 Å². The zero-order valence-electron chi connectivity index (χ0n) is 21.7. The van der Waals surface area contributed by atoms with E-state index in [-0.39, 0.29) is 11.0 Å². The number of rotatable bonds is 7. The van der Waals surface area contributed by atoms with Gasteiger partial charge in [0.2, 0.25) is 0 Å². The maximum atomic E-state index is 13.9. The van der Waals surface area contributed by atoms with E-state index in [0.717, 1.165) is 54.2 Å². The van der Waals surface area contributed by atoms with Gasteiger partial charge in [0.25, 0.3) is 5.91 Å². The Morgan fingerprint density at radius 1 is 0.865 bits per heavy atom. The molecule has 1 amide bonds. The molecule has 0 aliphatic carbocycles. The number of hydrogen-bond donors (Lipinski definition) is 2. The average molecular weight is 516 g/mol. The van der Waals surface area contributed by atoms with Gasteiger partial charge in [0.1, 0.15) is 17.0 Å². The summed E-state index contributed by atoms with van der Waals surface area (Å²) < 4.78 is 6.64. The van der Waals surface area contributed by atoms with Crippen LogP contribution in [0.25, 0.3) is 0 Å². The summed E-state index contributed by atoms with van der Waals surface area (Å²) in [5, 5.41) is 1.60. The Hall–Kier alpha value is -3.78. The Labute approximate surface area is 223 Å². The predicted octanol–water partition coefficient (Wildman–Crippen LogP) is 4.98. The summed E-state index contributed by atoms with van der Waals surface area (Å²) in [5.41, 5.74) is 13.3. The maximum absolute atomic E-state index is 13.9. The molecule has 8 heteroatoms. The summed E-state index contributed by atoms with van der Waals surface area (Å²) in [7, 11) is 0. The SMILES string of the molecule is CCN(CC)c1ccc2c(c1)Oc1cc(N(CC)CC)ccc1C21c2ccccc2C(=O)N1NC(N)=S. The molecule has 0 saturated heterocycles. The lowest BCUT2D eigenvalue weighted by atomic mass is 9.75. The van der Waals surface area contributed by atoms with Crippen molar-refractivity contribution in [2.45, 2.75) is 33.2 Å². The minimum absolute atomic E-state index is 0.0228. The van der Waals surface area contributed by atoms with Gasteiger partial charge in [0, 0.05) is 71.9 Å². The van der Waals surface area contributed by atoms with E-state index in [0.29, 0.717) is 17.1 Å². The molecule has 0 saturated carbocycles. The second kappa shape index (κ2) is 9.59. The summed E-state index contributed by atoms with van der Waals surface area (Å²) in [6, 6.07) is 20.1. The van der Waals surface area contributed by atoms with E-state index in [1.54, 1.807) is 5.01 Å². The predicted molar refractivity (Wildman–Crippen MR) is 152 cm³/mol. The van der Waals surface area contributed by atoms with Crippen LogP contribution in [0.5, 0.6) is 11.5 Å².